The Bertz CT molecular complexity index is 297. The van der Waals surface area contributed by atoms with Gasteiger partial charge in [-0.3, -0.25) is 9.11 Å². The zero-order valence-electron chi connectivity index (χ0n) is 10.6. The van der Waals surface area contributed by atoms with Crippen molar-refractivity contribution in [3.05, 3.63) is 0 Å². The summed E-state index contributed by atoms with van der Waals surface area (Å²) in [6.07, 6.45) is 0. The molecule has 0 heterocycles. The van der Waals surface area contributed by atoms with Gasteiger partial charge in [-0.2, -0.15) is 16.8 Å². The molecule has 0 atom stereocenters. The first-order valence-electron chi connectivity index (χ1n) is 5.01. The van der Waals surface area contributed by atoms with Crippen molar-refractivity contribution < 1.29 is 30.7 Å². The lowest BCUT2D eigenvalue weighted by Crippen LogP contribution is -1.97. The molecule has 0 aliphatic rings. The van der Waals surface area contributed by atoms with E-state index in [-0.39, 0.29) is 11.5 Å². The van der Waals surface area contributed by atoms with E-state index in [4.69, 9.17) is 13.8 Å². The van der Waals surface area contributed by atoms with Crippen molar-refractivity contribution in [3.8, 4) is 0 Å². The van der Waals surface area contributed by atoms with E-state index in [0.29, 0.717) is 0 Å². The van der Waals surface area contributed by atoms with Crippen LogP contribution >= 0.6 is 0 Å². The Labute approximate surface area is 104 Å². The van der Waals surface area contributed by atoms with Crippen LogP contribution in [0.3, 0.4) is 0 Å². The lowest BCUT2D eigenvalue weighted by Gasteiger charge is -1.86. The lowest BCUT2D eigenvalue weighted by molar-refractivity contribution is 0.162. The van der Waals surface area contributed by atoms with E-state index >= 15 is 0 Å². The molecule has 0 rings (SSSR count). The van der Waals surface area contributed by atoms with Gasteiger partial charge in [0.15, 0.2) is 0 Å². The average molecular weight is 294 g/mol. The van der Waals surface area contributed by atoms with Gasteiger partial charge >= 0.3 is 0 Å². The minimum absolute atomic E-state index is 0.201. The number of ether oxygens (including phenoxy) is 1. The van der Waals surface area contributed by atoms with Gasteiger partial charge in [-0.25, -0.2) is 0 Å². The minimum Gasteiger partial charge on any atom is -0.382 e. The molecule has 0 unspecified atom stereocenters. The molecule has 0 aliphatic heterocycles. The molecule has 0 aromatic carbocycles. The molecule has 0 saturated carbocycles. The molecule has 17 heavy (non-hydrogen) atoms. The predicted octanol–water partition coefficient (Wildman–Crippen LogP) is 0.831. The monoisotopic (exact) mass is 294 g/mol. The molecule has 0 aromatic heterocycles. The van der Waals surface area contributed by atoms with Crippen molar-refractivity contribution in [1.29, 1.82) is 0 Å². The van der Waals surface area contributed by atoms with Gasteiger partial charge in [0.1, 0.15) is 0 Å². The van der Waals surface area contributed by atoms with Crippen molar-refractivity contribution >= 4 is 20.2 Å². The molecule has 108 valence electrons. The molecule has 0 spiro atoms. The number of hydrogen-bond donors (Lipinski definition) is 2. The molecule has 0 bridgehead atoms. The van der Waals surface area contributed by atoms with Gasteiger partial charge in [-0.1, -0.05) is 0 Å². The molecule has 9 heteroatoms. The molecular formula is C8H22O7S2. The quantitative estimate of drug-likeness (QED) is 0.737. The van der Waals surface area contributed by atoms with Crippen LogP contribution in [0.1, 0.15) is 27.7 Å². The fourth-order valence-electron chi connectivity index (χ4n) is 0.204. The van der Waals surface area contributed by atoms with Crippen LogP contribution in [0.5, 0.6) is 0 Å². The Kier molecular flexibility index (Phi) is 15.8. The minimum atomic E-state index is -3.66. The van der Waals surface area contributed by atoms with Gasteiger partial charge in [-0.05, 0) is 27.7 Å². The maximum absolute atomic E-state index is 9.56. The zero-order valence-corrected chi connectivity index (χ0v) is 12.2. The van der Waals surface area contributed by atoms with E-state index in [1.807, 2.05) is 13.8 Å². The van der Waals surface area contributed by atoms with Crippen molar-refractivity contribution in [2.45, 2.75) is 27.7 Å². The first-order valence-corrected chi connectivity index (χ1v) is 8.23. The first-order chi connectivity index (χ1) is 7.54. The summed E-state index contributed by atoms with van der Waals surface area (Å²) in [5.74, 6) is -0.403. The van der Waals surface area contributed by atoms with Crippen molar-refractivity contribution in [3.63, 3.8) is 0 Å². The van der Waals surface area contributed by atoms with E-state index in [9.17, 15) is 16.8 Å². The second kappa shape index (κ2) is 12.2. The normalized spacial score (nSPS) is 10.7. The molecule has 7 nitrogen and oxygen atoms in total. The summed E-state index contributed by atoms with van der Waals surface area (Å²) in [5.41, 5.74) is 0. The second-order valence-corrected chi connectivity index (χ2v) is 6.01. The van der Waals surface area contributed by atoms with E-state index in [1.54, 1.807) is 0 Å². The third-order valence-electron chi connectivity index (χ3n) is 1.14. The summed E-state index contributed by atoms with van der Waals surface area (Å²) in [4.78, 5) is 0. The molecular weight excluding hydrogens is 272 g/mol. The Balaban J connectivity index is -0.000000174. The SMILES string of the molecule is CCOCC.CCS(=O)(=O)O.CCS(=O)(=O)O. The Morgan fingerprint density at radius 2 is 0.941 bits per heavy atom. The molecule has 0 aromatic rings. The average Bonchev–Trinajstić information content (AvgIpc) is 2.19. The Hall–Kier alpha value is -0.220. The van der Waals surface area contributed by atoms with Crippen LogP contribution in [-0.2, 0) is 25.0 Å². The van der Waals surface area contributed by atoms with Gasteiger partial charge in [0.05, 0.1) is 11.5 Å². The summed E-state index contributed by atoms with van der Waals surface area (Å²) in [6, 6.07) is 0. The molecule has 0 radical (unpaired) electrons. The molecule has 0 saturated heterocycles. The third kappa shape index (κ3) is 49.5. The molecule has 0 aliphatic carbocycles. The van der Waals surface area contributed by atoms with Gasteiger partial charge in [0, 0.05) is 13.2 Å². The molecule has 0 fully saturated rings. The van der Waals surface area contributed by atoms with Crippen molar-refractivity contribution in [2.75, 3.05) is 24.7 Å². The van der Waals surface area contributed by atoms with Crippen LogP contribution in [0.4, 0.5) is 0 Å². The van der Waals surface area contributed by atoms with Crippen LogP contribution in [0.2, 0.25) is 0 Å². The largest absolute Gasteiger partial charge is 0.382 e. The maximum atomic E-state index is 9.56. The summed E-state index contributed by atoms with van der Waals surface area (Å²) in [5, 5.41) is 0. The molecule has 0 amide bonds. The standard InChI is InChI=1S/C4H10O.2C2H6O3S/c1-3-5-4-2;2*1-2-6(3,4)5/h3-4H2,1-2H3;2*2H2,1H3,(H,3,4,5). The van der Waals surface area contributed by atoms with Gasteiger partial charge in [-0.15, -0.1) is 0 Å². The van der Waals surface area contributed by atoms with E-state index in [0.717, 1.165) is 13.2 Å². The smallest absolute Gasteiger partial charge is 0.264 e. The zero-order chi connectivity index (χ0) is 14.5. The van der Waals surface area contributed by atoms with Crippen LogP contribution in [0, 0.1) is 0 Å². The Morgan fingerprint density at radius 3 is 0.941 bits per heavy atom. The number of rotatable bonds is 4. The number of hydrogen-bond acceptors (Lipinski definition) is 5. The Morgan fingerprint density at radius 1 is 0.765 bits per heavy atom. The lowest BCUT2D eigenvalue weighted by atomic mass is 10.8. The van der Waals surface area contributed by atoms with Gasteiger partial charge in [0.2, 0.25) is 0 Å². The highest BCUT2D eigenvalue weighted by atomic mass is 32.2. The maximum Gasteiger partial charge on any atom is 0.264 e. The van der Waals surface area contributed by atoms with E-state index in [2.05, 4.69) is 0 Å². The fraction of sp³-hybridized carbons (Fsp3) is 1.00. The summed E-state index contributed by atoms with van der Waals surface area (Å²) < 4.78 is 58.7. The second-order valence-electron chi connectivity index (χ2n) is 2.52. The topological polar surface area (TPSA) is 118 Å². The van der Waals surface area contributed by atoms with Crippen LogP contribution in [0.25, 0.3) is 0 Å². The highest BCUT2D eigenvalue weighted by Gasteiger charge is 1.93. The van der Waals surface area contributed by atoms with Gasteiger partial charge in [0.25, 0.3) is 20.2 Å². The third-order valence-corrected chi connectivity index (χ3v) is 2.60. The summed E-state index contributed by atoms with van der Waals surface area (Å²) >= 11 is 0. The van der Waals surface area contributed by atoms with Crippen LogP contribution in [0.15, 0.2) is 0 Å². The van der Waals surface area contributed by atoms with E-state index < -0.39 is 20.2 Å². The first kappa shape index (κ1) is 22.0. The van der Waals surface area contributed by atoms with Crippen LogP contribution < -0.4 is 0 Å². The summed E-state index contributed by atoms with van der Waals surface area (Å²) in [6.45, 7) is 8.41. The highest BCUT2D eigenvalue weighted by molar-refractivity contribution is 7.85. The van der Waals surface area contributed by atoms with E-state index in [1.165, 1.54) is 13.8 Å². The van der Waals surface area contributed by atoms with Crippen LogP contribution in [-0.4, -0.2) is 50.7 Å². The van der Waals surface area contributed by atoms with Crippen molar-refractivity contribution in [2.24, 2.45) is 0 Å². The highest BCUT2D eigenvalue weighted by Crippen LogP contribution is 1.74. The van der Waals surface area contributed by atoms with Crippen molar-refractivity contribution in [1.82, 2.24) is 0 Å². The fourth-order valence-corrected chi connectivity index (χ4v) is 0.204. The predicted molar refractivity (Wildman–Crippen MR) is 66.3 cm³/mol. The molecule has 2 N–H and O–H groups in total. The summed E-state index contributed by atoms with van der Waals surface area (Å²) in [7, 11) is -7.32. The van der Waals surface area contributed by atoms with Gasteiger partial charge < -0.3 is 4.74 Å².